The van der Waals surface area contributed by atoms with Crippen LogP contribution >= 0.6 is 11.3 Å². The van der Waals surface area contributed by atoms with Gasteiger partial charge in [0.2, 0.25) is 0 Å². The number of aryl methyl sites for hydroxylation is 2. The summed E-state index contributed by atoms with van der Waals surface area (Å²) in [5.74, 6) is -0.207. The maximum Gasteiger partial charge on any atom is 0.255 e. The Morgan fingerprint density at radius 2 is 1.68 bits per heavy atom. The van der Waals surface area contributed by atoms with Gasteiger partial charge in [0.1, 0.15) is 10.9 Å². The van der Waals surface area contributed by atoms with Crippen molar-refractivity contribution in [3.63, 3.8) is 0 Å². The molecule has 1 atom stereocenters. The second-order valence-electron chi connectivity index (χ2n) is 6.74. The predicted octanol–water partition coefficient (Wildman–Crippen LogP) is 5.25. The van der Waals surface area contributed by atoms with E-state index in [2.05, 4.69) is 10.3 Å². The van der Waals surface area contributed by atoms with Crippen LogP contribution in [0.4, 0.5) is 5.69 Å². The standard InChI is InChI=1S/C23H20N2O2S/c1-14-13-15(2)24-23-18(14)19(25-22(27)17-11-7-4-8-12-17)21(28-23)20(26)16-9-5-3-6-10-16/h3-13,20,26H,1-2H3,(H,25,27)/t20-/m1/s1. The molecule has 0 aliphatic rings. The van der Waals surface area contributed by atoms with Gasteiger partial charge < -0.3 is 10.4 Å². The fourth-order valence-corrected chi connectivity index (χ4v) is 4.60. The molecule has 4 rings (SSSR count). The summed E-state index contributed by atoms with van der Waals surface area (Å²) in [4.78, 5) is 19.0. The molecule has 0 fully saturated rings. The number of aliphatic hydroxyl groups excluding tert-OH is 1. The van der Waals surface area contributed by atoms with Gasteiger partial charge in [-0.25, -0.2) is 4.98 Å². The predicted molar refractivity (Wildman–Crippen MR) is 114 cm³/mol. The SMILES string of the molecule is Cc1cc(C)c2c(NC(=O)c3ccccc3)c([C@H](O)c3ccccc3)sc2n1. The molecule has 0 saturated carbocycles. The molecule has 5 heteroatoms. The number of pyridine rings is 1. The maximum atomic E-state index is 12.8. The Kier molecular flexibility index (Phi) is 4.94. The molecule has 0 unspecified atom stereocenters. The molecule has 1 amide bonds. The van der Waals surface area contributed by atoms with Crippen LogP contribution in [0.25, 0.3) is 10.2 Å². The second kappa shape index (κ2) is 7.54. The molecule has 0 saturated heterocycles. The van der Waals surface area contributed by atoms with Gasteiger partial charge in [-0.1, -0.05) is 48.5 Å². The Labute approximate surface area is 167 Å². The van der Waals surface area contributed by atoms with Crippen LogP contribution in [0.15, 0.2) is 66.7 Å². The lowest BCUT2D eigenvalue weighted by molar-refractivity contribution is 0.102. The highest BCUT2D eigenvalue weighted by atomic mass is 32.1. The van der Waals surface area contributed by atoms with E-state index in [1.807, 2.05) is 68.4 Å². The summed E-state index contributed by atoms with van der Waals surface area (Å²) in [5, 5.41) is 15.0. The summed E-state index contributed by atoms with van der Waals surface area (Å²) >= 11 is 1.42. The van der Waals surface area contributed by atoms with Crippen LogP contribution in [0, 0.1) is 13.8 Å². The Hall–Kier alpha value is -3.02. The van der Waals surface area contributed by atoms with Crippen molar-refractivity contribution in [3.8, 4) is 0 Å². The fourth-order valence-electron chi connectivity index (χ4n) is 3.34. The number of nitrogens with zero attached hydrogens (tertiary/aromatic N) is 1. The van der Waals surface area contributed by atoms with Crippen molar-refractivity contribution >= 4 is 33.1 Å². The molecule has 140 valence electrons. The highest BCUT2D eigenvalue weighted by Gasteiger charge is 2.24. The number of rotatable bonds is 4. The molecule has 4 nitrogen and oxygen atoms in total. The molecule has 0 aliphatic carbocycles. The lowest BCUT2D eigenvalue weighted by Crippen LogP contribution is -2.13. The van der Waals surface area contributed by atoms with Crippen LogP contribution in [-0.4, -0.2) is 16.0 Å². The summed E-state index contributed by atoms with van der Waals surface area (Å²) in [6, 6.07) is 20.5. The van der Waals surface area contributed by atoms with E-state index in [1.165, 1.54) is 11.3 Å². The van der Waals surface area contributed by atoms with E-state index in [1.54, 1.807) is 12.1 Å². The molecule has 2 N–H and O–H groups in total. The van der Waals surface area contributed by atoms with Gasteiger partial charge >= 0.3 is 0 Å². The van der Waals surface area contributed by atoms with Crippen LogP contribution in [0.3, 0.4) is 0 Å². The van der Waals surface area contributed by atoms with E-state index in [9.17, 15) is 9.90 Å². The zero-order valence-electron chi connectivity index (χ0n) is 15.6. The number of hydrogen-bond donors (Lipinski definition) is 2. The molecule has 2 aromatic heterocycles. The topological polar surface area (TPSA) is 62.2 Å². The van der Waals surface area contributed by atoms with Crippen LogP contribution in [0.1, 0.15) is 38.2 Å². The number of anilines is 1. The zero-order chi connectivity index (χ0) is 19.7. The third kappa shape index (κ3) is 3.42. The first-order valence-electron chi connectivity index (χ1n) is 9.04. The van der Waals surface area contributed by atoms with Gasteiger partial charge in [0, 0.05) is 16.6 Å². The summed E-state index contributed by atoms with van der Waals surface area (Å²) < 4.78 is 0. The van der Waals surface area contributed by atoms with Gasteiger partial charge in [0.15, 0.2) is 0 Å². The molecule has 28 heavy (non-hydrogen) atoms. The number of aliphatic hydroxyl groups is 1. The minimum absolute atomic E-state index is 0.207. The molecule has 2 aromatic carbocycles. The lowest BCUT2D eigenvalue weighted by Gasteiger charge is -2.13. The minimum Gasteiger partial charge on any atom is -0.383 e. The molecule has 0 spiro atoms. The average Bonchev–Trinajstić information content (AvgIpc) is 3.07. The summed E-state index contributed by atoms with van der Waals surface area (Å²) in [7, 11) is 0. The third-order valence-electron chi connectivity index (χ3n) is 4.65. The summed E-state index contributed by atoms with van der Waals surface area (Å²) in [6.07, 6.45) is -0.842. The number of carbonyl (C=O) groups excluding carboxylic acids is 1. The normalized spacial score (nSPS) is 12.1. The number of aromatic nitrogens is 1. The van der Waals surface area contributed by atoms with Crippen LogP contribution < -0.4 is 5.32 Å². The average molecular weight is 388 g/mol. The van der Waals surface area contributed by atoms with E-state index >= 15 is 0 Å². The highest BCUT2D eigenvalue weighted by Crippen LogP contribution is 2.42. The molecule has 0 aliphatic heterocycles. The second-order valence-corrected chi connectivity index (χ2v) is 7.77. The van der Waals surface area contributed by atoms with Crippen LogP contribution in [0.2, 0.25) is 0 Å². The number of hydrogen-bond acceptors (Lipinski definition) is 4. The molecular weight excluding hydrogens is 368 g/mol. The fraction of sp³-hybridized carbons (Fsp3) is 0.130. The van der Waals surface area contributed by atoms with Crippen molar-refractivity contribution in [2.24, 2.45) is 0 Å². The van der Waals surface area contributed by atoms with Crippen LogP contribution in [0.5, 0.6) is 0 Å². The minimum atomic E-state index is -0.842. The Morgan fingerprint density at radius 1 is 1.04 bits per heavy atom. The molecule has 4 aromatic rings. The highest BCUT2D eigenvalue weighted by molar-refractivity contribution is 7.19. The number of amides is 1. The van der Waals surface area contributed by atoms with Gasteiger partial charge in [-0.15, -0.1) is 11.3 Å². The van der Waals surface area contributed by atoms with E-state index in [0.29, 0.717) is 16.1 Å². The van der Waals surface area contributed by atoms with Gasteiger partial charge in [0.25, 0.3) is 5.91 Å². The molecule has 0 bridgehead atoms. The van der Waals surface area contributed by atoms with Gasteiger partial charge in [-0.3, -0.25) is 4.79 Å². The van der Waals surface area contributed by atoms with E-state index < -0.39 is 6.10 Å². The molecular formula is C23H20N2O2S. The Morgan fingerprint density at radius 3 is 2.36 bits per heavy atom. The summed E-state index contributed by atoms with van der Waals surface area (Å²) in [6.45, 7) is 3.95. The van der Waals surface area contributed by atoms with E-state index in [4.69, 9.17) is 0 Å². The van der Waals surface area contributed by atoms with Crippen molar-refractivity contribution in [2.75, 3.05) is 5.32 Å². The molecule has 2 heterocycles. The van der Waals surface area contributed by atoms with E-state index in [0.717, 1.165) is 27.0 Å². The van der Waals surface area contributed by atoms with E-state index in [-0.39, 0.29) is 5.91 Å². The van der Waals surface area contributed by atoms with Crippen molar-refractivity contribution in [3.05, 3.63) is 94.0 Å². The smallest absolute Gasteiger partial charge is 0.255 e. The lowest BCUT2D eigenvalue weighted by atomic mass is 10.0. The summed E-state index contributed by atoms with van der Waals surface area (Å²) in [5.41, 5.74) is 3.91. The van der Waals surface area contributed by atoms with Gasteiger partial charge in [-0.05, 0) is 43.2 Å². The Balaban J connectivity index is 1.86. The number of nitrogens with one attached hydrogen (secondary N) is 1. The van der Waals surface area contributed by atoms with Crippen molar-refractivity contribution in [1.82, 2.24) is 4.98 Å². The number of thiophene rings is 1. The first kappa shape index (κ1) is 18.3. The zero-order valence-corrected chi connectivity index (χ0v) is 16.5. The Bertz CT molecular complexity index is 1140. The van der Waals surface area contributed by atoms with Gasteiger partial charge in [0.05, 0.1) is 10.6 Å². The third-order valence-corrected chi connectivity index (χ3v) is 5.79. The largest absolute Gasteiger partial charge is 0.383 e. The maximum absolute atomic E-state index is 12.8. The first-order valence-corrected chi connectivity index (χ1v) is 9.86. The van der Waals surface area contributed by atoms with Crippen molar-refractivity contribution in [1.29, 1.82) is 0 Å². The first-order chi connectivity index (χ1) is 13.5. The quantitative estimate of drug-likeness (QED) is 0.502. The number of benzene rings is 2. The monoisotopic (exact) mass is 388 g/mol. The number of fused-ring (bicyclic) bond motifs is 1. The van der Waals surface area contributed by atoms with Gasteiger partial charge in [-0.2, -0.15) is 0 Å². The molecule has 0 radical (unpaired) electrons. The van der Waals surface area contributed by atoms with Crippen molar-refractivity contribution in [2.45, 2.75) is 20.0 Å². The number of carbonyl (C=O) groups is 1. The van der Waals surface area contributed by atoms with Crippen LogP contribution in [-0.2, 0) is 0 Å². The van der Waals surface area contributed by atoms with Crippen molar-refractivity contribution < 1.29 is 9.90 Å².